The van der Waals surface area contributed by atoms with Crippen LogP contribution in [0.3, 0.4) is 0 Å². The molecule has 142 valence electrons. The molecule has 0 heterocycles. The molecule has 0 unspecified atom stereocenters. The predicted octanol–water partition coefficient (Wildman–Crippen LogP) is 1.21. The molecule has 8 nitrogen and oxygen atoms in total. The maximum absolute atomic E-state index is 12.2. The second-order valence-corrected chi connectivity index (χ2v) is 5.35. The second kappa shape index (κ2) is 9.93. The molecule has 3 N–H and O–H groups in total. The van der Waals surface area contributed by atoms with Crippen molar-refractivity contribution >= 4 is 23.5 Å². The average molecular weight is 372 g/mol. The smallest absolute Gasteiger partial charge is 0.340 e. The van der Waals surface area contributed by atoms with E-state index >= 15 is 0 Å². The van der Waals surface area contributed by atoms with E-state index in [2.05, 4.69) is 10.6 Å². The summed E-state index contributed by atoms with van der Waals surface area (Å²) in [4.78, 5) is 36.2. The van der Waals surface area contributed by atoms with Gasteiger partial charge in [-0.2, -0.15) is 0 Å². The molecule has 0 saturated carbocycles. The number of nitrogens with one attached hydrogen (secondary N) is 2. The Balaban J connectivity index is 1.94. The van der Waals surface area contributed by atoms with E-state index in [1.54, 1.807) is 36.4 Å². The van der Waals surface area contributed by atoms with Crippen LogP contribution in [0, 0.1) is 0 Å². The van der Waals surface area contributed by atoms with Gasteiger partial charge in [-0.15, -0.1) is 0 Å². The van der Waals surface area contributed by atoms with Crippen LogP contribution in [0.25, 0.3) is 0 Å². The molecule has 2 rings (SSSR count). The van der Waals surface area contributed by atoms with E-state index in [0.717, 1.165) is 0 Å². The number of hydrogen-bond donors (Lipinski definition) is 3. The molecule has 0 radical (unpaired) electrons. The van der Waals surface area contributed by atoms with E-state index in [1.165, 1.54) is 19.2 Å². The van der Waals surface area contributed by atoms with E-state index < -0.39 is 24.4 Å². The maximum atomic E-state index is 12.2. The number of carbonyl (C=O) groups excluding carboxylic acids is 3. The lowest BCUT2D eigenvalue weighted by atomic mass is 10.2. The highest BCUT2D eigenvalue weighted by molar-refractivity contribution is 6.07. The Labute approximate surface area is 156 Å². The van der Waals surface area contributed by atoms with Crippen LogP contribution in [-0.2, 0) is 9.53 Å². The molecule has 2 aromatic rings. The second-order valence-electron chi connectivity index (χ2n) is 5.35. The number of carbonyl (C=O) groups is 3. The van der Waals surface area contributed by atoms with Crippen LogP contribution in [0.1, 0.15) is 20.7 Å². The predicted molar refractivity (Wildman–Crippen MR) is 97.8 cm³/mol. The third kappa shape index (κ3) is 5.55. The third-order valence-corrected chi connectivity index (χ3v) is 3.51. The quantitative estimate of drug-likeness (QED) is 0.597. The lowest BCUT2D eigenvalue weighted by Gasteiger charge is -2.11. The summed E-state index contributed by atoms with van der Waals surface area (Å²) in [6.45, 7) is -0.455. The first-order valence-electron chi connectivity index (χ1n) is 8.15. The highest BCUT2D eigenvalue weighted by atomic mass is 16.5. The summed E-state index contributed by atoms with van der Waals surface area (Å²) in [6.07, 6.45) is 0. The number of para-hydroxylation sites is 2. The summed E-state index contributed by atoms with van der Waals surface area (Å²) in [5.74, 6) is -1.82. The Bertz CT molecular complexity index is 821. The van der Waals surface area contributed by atoms with E-state index in [0.29, 0.717) is 11.4 Å². The fraction of sp³-hybridized carbons (Fsp3) is 0.211. The fourth-order valence-corrected chi connectivity index (χ4v) is 2.28. The van der Waals surface area contributed by atoms with Gasteiger partial charge in [0.1, 0.15) is 5.75 Å². The number of imide groups is 1. The van der Waals surface area contributed by atoms with Crippen LogP contribution < -0.4 is 15.4 Å². The molecule has 8 heteroatoms. The van der Waals surface area contributed by atoms with Crippen LogP contribution >= 0.6 is 0 Å². The van der Waals surface area contributed by atoms with Gasteiger partial charge in [-0.05, 0) is 24.3 Å². The topological polar surface area (TPSA) is 114 Å². The lowest BCUT2D eigenvalue weighted by molar-refractivity contribution is -0.123. The molecule has 0 fully saturated rings. The number of esters is 1. The summed E-state index contributed by atoms with van der Waals surface area (Å²) >= 11 is 0. The van der Waals surface area contributed by atoms with Gasteiger partial charge in [0.15, 0.2) is 6.61 Å². The zero-order chi connectivity index (χ0) is 19.6. The van der Waals surface area contributed by atoms with Crippen molar-refractivity contribution in [2.45, 2.75) is 0 Å². The highest BCUT2D eigenvalue weighted by Crippen LogP contribution is 2.17. The molecular weight excluding hydrogens is 352 g/mol. The first-order chi connectivity index (χ1) is 13.1. The van der Waals surface area contributed by atoms with E-state index in [9.17, 15) is 14.4 Å². The first kappa shape index (κ1) is 19.9. The van der Waals surface area contributed by atoms with Crippen LogP contribution in [0.5, 0.6) is 5.75 Å². The standard InChI is InChI=1S/C19H20N2O6/c1-26-16-9-5-3-7-14(16)18(24)21-17(23)12-27-19(25)13-6-2-4-8-15(13)20-10-11-22/h2-9,20,22H,10-12H2,1H3,(H,21,23,24). The van der Waals surface area contributed by atoms with E-state index in [-0.39, 0.29) is 24.3 Å². The molecule has 27 heavy (non-hydrogen) atoms. The number of anilines is 1. The Morgan fingerprint density at radius 1 is 1.00 bits per heavy atom. The third-order valence-electron chi connectivity index (χ3n) is 3.51. The summed E-state index contributed by atoms with van der Waals surface area (Å²) in [5.41, 5.74) is 0.884. The number of aliphatic hydroxyl groups is 1. The average Bonchev–Trinajstić information content (AvgIpc) is 2.70. The van der Waals surface area contributed by atoms with Crippen molar-refractivity contribution in [3.63, 3.8) is 0 Å². The molecule has 0 saturated heterocycles. The Hall–Kier alpha value is -3.39. The van der Waals surface area contributed by atoms with Gasteiger partial charge in [0.2, 0.25) is 0 Å². The minimum absolute atomic E-state index is 0.100. The number of benzene rings is 2. The molecule has 0 spiro atoms. The molecule has 2 aromatic carbocycles. The molecular formula is C19H20N2O6. The molecule has 2 amide bonds. The largest absolute Gasteiger partial charge is 0.496 e. The molecule has 0 aliphatic heterocycles. The fourth-order valence-electron chi connectivity index (χ4n) is 2.28. The van der Waals surface area contributed by atoms with Crippen LogP contribution in [-0.4, -0.2) is 49.8 Å². The summed E-state index contributed by atoms with van der Waals surface area (Å²) in [5, 5.41) is 13.9. The molecule has 0 bridgehead atoms. The van der Waals surface area contributed by atoms with Gasteiger partial charge in [-0.1, -0.05) is 24.3 Å². The van der Waals surface area contributed by atoms with Crippen molar-refractivity contribution in [1.29, 1.82) is 0 Å². The van der Waals surface area contributed by atoms with Gasteiger partial charge in [-0.25, -0.2) is 4.79 Å². The van der Waals surface area contributed by atoms with Crippen molar-refractivity contribution in [3.05, 3.63) is 59.7 Å². The normalized spacial score (nSPS) is 10.0. The number of rotatable bonds is 8. The number of amides is 2. The van der Waals surface area contributed by atoms with Gasteiger partial charge >= 0.3 is 5.97 Å². The van der Waals surface area contributed by atoms with Crippen LogP contribution in [0.4, 0.5) is 5.69 Å². The monoisotopic (exact) mass is 372 g/mol. The maximum Gasteiger partial charge on any atom is 0.340 e. The Morgan fingerprint density at radius 2 is 1.67 bits per heavy atom. The van der Waals surface area contributed by atoms with Gasteiger partial charge in [0.05, 0.1) is 24.8 Å². The molecule has 0 atom stereocenters. The SMILES string of the molecule is COc1ccccc1C(=O)NC(=O)COC(=O)c1ccccc1NCCO. The minimum Gasteiger partial charge on any atom is -0.496 e. The van der Waals surface area contributed by atoms with Gasteiger partial charge in [-0.3, -0.25) is 14.9 Å². The molecule has 0 aliphatic carbocycles. The highest BCUT2D eigenvalue weighted by Gasteiger charge is 2.17. The first-order valence-corrected chi connectivity index (χ1v) is 8.15. The summed E-state index contributed by atoms with van der Waals surface area (Å²) < 4.78 is 10.0. The minimum atomic E-state index is -0.764. The van der Waals surface area contributed by atoms with Crippen molar-refractivity contribution in [1.82, 2.24) is 5.32 Å². The van der Waals surface area contributed by atoms with Gasteiger partial charge < -0.3 is 19.9 Å². The number of hydrogen-bond acceptors (Lipinski definition) is 7. The van der Waals surface area contributed by atoms with E-state index in [1.807, 2.05) is 0 Å². The van der Waals surface area contributed by atoms with Crippen molar-refractivity contribution in [3.8, 4) is 5.75 Å². The lowest BCUT2D eigenvalue weighted by Crippen LogP contribution is -2.34. The summed E-state index contributed by atoms with van der Waals surface area (Å²) in [6, 6.07) is 13.0. The summed E-state index contributed by atoms with van der Waals surface area (Å²) in [7, 11) is 1.41. The van der Waals surface area contributed by atoms with Crippen molar-refractivity contribution < 1.29 is 29.0 Å². The number of ether oxygens (including phenoxy) is 2. The number of methoxy groups -OCH3 is 1. The number of aliphatic hydroxyl groups excluding tert-OH is 1. The van der Waals surface area contributed by atoms with Crippen LogP contribution in [0.2, 0.25) is 0 Å². The van der Waals surface area contributed by atoms with Gasteiger partial charge in [0, 0.05) is 12.2 Å². The Morgan fingerprint density at radius 3 is 2.37 bits per heavy atom. The van der Waals surface area contributed by atoms with Gasteiger partial charge in [0.25, 0.3) is 11.8 Å². The molecule has 0 aliphatic rings. The molecule has 0 aromatic heterocycles. The van der Waals surface area contributed by atoms with Crippen LogP contribution in [0.15, 0.2) is 48.5 Å². The zero-order valence-electron chi connectivity index (χ0n) is 14.7. The van der Waals surface area contributed by atoms with Crippen molar-refractivity contribution in [2.24, 2.45) is 0 Å². The van der Waals surface area contributed by atoms with Crippen molar-refractivity contribution in [2.75, 3.05) is 32.2 Å². The zero-order valence-corrected chi connectivity index (χ0v) is 14.7. The van der Waals surface area contributed by atoms with E-state index in [4.69, 9.17) is 14.6 Å². The Kier molecular flexibility index (Phi) is 7.33.